The number of nitrogen functional groups attached to an aromatic ring is 1. The van der Waals surface area contributed by atoms with Crippen molar-refractivity contribution >= 4 is 17.6 Å². The van der Waals surface area contributed by atoms with E-state index in [4.69, 9.17) is 5.84 Å². The lowest BCUT2D eigenvalue weighted by molar-refractivity contribution is -0.137. The maximum Gasteiger partial charge on any atom is 0.416 e. The summed E-state index contributed by atoms with van der Waals surface area (Å²) >= 11 is 0.792. The zero-order valence-corrected chi connectivity index (χ0v) is 10.7. The highest BCUT2D eigenvalue weighted by atomic mass is 32.2. The van der Waals surface area contributed by atoms with Crippen LogP contribution in [-0.2, 0) is 6.18 Å². The van der Waals surface area contributed by atoms with Crippen LogP contribution in [0.4, 0.5) is 23.4 Å². The molecule has 0 spiro atoms. The molecule has 0 radical (unpaired) electrons. The lowest BCUT2D eigenvalue weighted by atomic mass is 10.2. The second-order valence-electron chi connectivity index (χ2n) is 3.75. The summed E-state index contributed by atoms with van der Waals surface area (Å²) in [6.45, 7) is 0. The normalized spacial score (nSPS) is 11.4. The average molecular weight is 303 g/mol. The minimum Gasteiger partial charge on any atom is -0.308 e. The Balaban J connectivity index is 2.39. The van der Waals surface area contributed by atoms with Crippen LogP contribution in [0.1, 0.15) is 5.56 Å². The summed E-state index contributed by atoms with van der Waals surface area (Å²) in [7, 11) is 0. The monoisotopic (exact) mass is 303 g/mol. The summed E-state index contributed by atoms with van der Waals surface area (Å²) in [5.41, 5.74) is 1.16. The van der Waals surface area contributed by atoms with E-state index in [9.17, 15) is 17.6 Å². The third kappa shape index (κ3) is 3.40. The number of anilines is 1. The van der Waals surface area contributed by atoms with Gasteiger partial charge in [-0.05, 0) is 24.3 Å². The van der Waals surface area contributed by atoms with Gasteiger partial charge in [0.25, 0.3) is 0 Å². The fraction of sp³-hybridized carbons (Fsp3) is 0.0833. The van der Waals surface area contributed by atoms with Gasteiger partial charge >= 0.3 is 6.18 Å². The van der Waals surface area contributed by atoms with Gasteiger partial charge in [-0.2, -0.15) is 13.2 Å². The van der Waals surface area contributed by atoms with Crippen LogP contribution >= 0.6 is 11.8 Å². The lowest BCUT2D eigenvalue weighted by Gasteiger charge is -2.11. The fourth-order valence-corrected chi connectivity index (χ4v) is 2.30. The molecule has 1 heterocycles. The van der Waals surface area contributed by atoms with Gasteiger partial charge in [-0.1, -0.05) is 23.9 Å². The first-order valence-corrected chi connectivity index (χ1v) is 6.20. The average Bonchev–Trinajstić information content (AvgIpc) is 2.40. The van der Waals surface area contributed by atoms with Crippen molar-refractivity contribution in [3.8, 4) is 0 Å². The van der Waals surface area contributed by atoms with Crippen LogP contribution in [0.3, 0.4) is 0 Å². The SMILES string of the molecule is NNc1cc(C(F)(F)F)cc(Sc2ccccc2F)n1. The molecule has 0 aliphatic rings. The summed E-state index contributed by atoms with van der Waals surface area (Å²) in [6, 6.07) is 7.38. The van der Waals surface area contributed by atoms with Crippen molar-refractivity contribution in [3.63, 3.8) is 0 Å². The van der Waals surface area contributed by atoms with E-state index in [1.807, 2.05) is 0 Å². The summed E-state index contributed by atoms with van der Waals surface area (Å²) in [5, 5.41) is -0.00197. The Hall–Kier alpha value is -1.80. The second kappa shape index (κ2) is 5.68. The molecular formula is C12H9F4N3S. The molecule has 0 saturated heterocycles. The molecule has 2 rings (SSSR count). The van der Waals surface area contributed by atoms with Crippen LogP contribution in [0, 0.1) is 5.82 Å². The van der Waals surface area contributed by atoms with Crippen molar-refractivity contribution in [3.05, 3.63) is 47.8 Å². The van der Waals surface area contributed by atoms with E-state index in [-0.39, 0.29) is 15.7 Å². The molecule has 2 aromatic rings. The van der Waals surface area contributed by atoms with E-state index in [2.05, 4.69) is 10.4 Å². The van der Waals surface area contributed by atoms with Crippen molar-refractivity contribution in [1.29, 1.82) is 0 Å². The van der Waals surface area contributed by atoms with Gasteiger partial charge in [0.1, 0.15) is 16.7 Å². The van der Waals surface area contributed by atoms with Crippen molar-refractivity contribution < 1.29 is 17.6 Å². The molecule has 3 N–H and O–H groups in total. The number of alkyl halides is 3. The number of benzene rings is 1. The Morgan fingerprint density at radius 2 is 1.85 bits per heavy atom. The predicted octanol–water partition coefficient (Wildman–Crippen LogP) is 3.68. The van der Waals surface area contributed by atoms with E-state index in [1.165, 1.54) is 18.2 Å². The zero-order chi connectivity index (χ0) is 14.8. The van der Waals surface area contributed by atoms with Crippen molar-refractivity contribution in [1.82, 2.24) is 4.98 Å². The smallest absolute Gasteiger partial charge is 0.308 e. The van der Waals surface area contributed by atoms with Gasteiger partial charge < -0.3 is 5.43 Å². The highest BCUT2D eigenvalue weighted by molar-refractivity contribution is 7.99. The fourth-order valence-electron chi connectivity index (χ4n) is 1.44. The van der Waals surface area contributed by atoms with Gasteiger partial charge in [0.2, 0.25) is 0 Å². The number of nitrogens with one attached hydrogen (secondary N) is 1. The van der Waals surface area contributed by atoms with Crippen LogP contribution in [0.5, 0.6) is 0 Å². The molecule has 0 fully saturated rings. The number of hydrogen-bond donors (Lipinski definition) is 2. The number of hydrogen-bond acceptors (Lipinski definition) is 4. The maximum absolute atomic E-state index is 13.5. The Kier molecular flexibility index (Phi) is 4.15. The Morgan fingerprint density at radius 1 is 1.15 bits per heavy atom. The predicted molar refractivity (Wildman–Crippen MR) is 67.6 cm³/mol. The molecule has 0 bridgehead atoms. The summed E-state index contributed by atoms with van der Waals surface area (Å²) in [6.07, 6.45) is -4.53. The number of rotatable bonds is 3. The molecule has 0 atom stereocenters. The van der Waals surface area contributed by atoms with Gasteiger partial charge in [0, 0.05) is 4.90 Å². The van der Waals surface area contributed by atoms with Crippen LogP contribution in [0.25, 0.3) is 0 Å². The first-order valence-electron chi connectivity index (χ1n) is 5.38. The number of aromatic nitrogens is 1. The molecule has 8 heteroatoms. The molecule has 3 nitrogen and oxygen atoms in total. The van der Waals surface area contributed by atoms with Gasteiger partial charge in [-0.3, -0.25) is 0 Å². The van der Waals surface area contributed by atoms with Gasteiger partial charge in [0.05, 0.1) is 5.56 Å². The van der Waals surface area contributed by atoms with Crippen LogP contribution in [0.2, 0.25) is 0 Å². The largest absolute Gasteiger partial charge is 0.416 e. The van der Waals surface area contributed by atoms with Crippen LogP contribution < -0.4 is 11.3 Å². The van der Waals surface area contributed by atoms with Gasteiger partial charge in [-0.25, -0.2) is 15.2 Å². The summed E-state index contributed by atoms with van der Waals surface area (Å²) in [4.78, 5) is 4.04. The van der Waals surface area contributed by atoms with Crippen LogP contribution in [-0.4, -0.2) is 4.98 Å². The molecule has 0 saturated carbocycles. The minimum atomic E-state index is -4.53. The highest BCUT2D eigenvalue weighted by Crippen LogP contribution is 2.35. The number of nitrogens with zero attached hydrogens (tertiary/aromatic N) is 1. The molecule has 1 aromatic heterocycles. The standard InChI is InChI=1S/C12H9F4N3S/c13-8-3-1-2-4-9(8)20-11-6-7(12(14,15)16)5-10(18-11)19-17/h1-6H,17H2,(H,18,19). The molecule has 0 amide bonds. The van der Waals surface area contributed by atoms with E-state index in [0.29, 0.717) is 0 Å². The minimum absolute atomic E-state index is 0.00197. The van der Waals surface area contributed by atoms with Gasteiger partial charge in [-0.15, -0.1) is 0 Å². The van der Waals surface area contributed by atoms with E-state index in [1.54, 1.807) is 6.07 Å². The molecular weight excluding hydrogens is 294 g/mol. The third-order valence-corrected chi connectivity index (χ3v) is 3.30. The van der Waals surface area contributed by atoms with Gasteiger partial charge in [0.15, 0.2) is 0 Å². The number of halogens is 4. The van der Waals surface area contributed by atoms with Crippen molar-refractivity contribution in [2.24, 2.45) is 5.84 Å². The van der Waals surface area contributed by atoms with E-state index >= 15 is 0 Å². The Labute approximate surface area is 116 Å². The Morgan fingerprint density at radius 3 is 2.45 bits per heavy atom. The maximum atomic E-state index is 13.5. The van der Waals surface area contributed by atoms with Crippen molar-refractivity contribution in [2.45, 2.75) is 16.1 Å². The summed E-state index contributed by atoms with van der Waals surface area (Å²) < 4.78 is 51.6. The lowest BCUT2D eigenvalue weighted by Crippen LogP contribution is -2.12. The van der Waals surface area contributed by atoms with E-state index in [0.717, 1.165) is 23.9 Å². The zero-order valence-electron chi connectivity index (χ0n) is 9.91. The van der Waals surface area contributed by atoms with E-state index < -0.39 is 17.6 Å². The molecule has 0 aliphatic carbocycles. The quantitative estimate of drug-likeness (QED) is 0.516. The molecule has 0 unspecified atom stereocenters. The molecule has 1 aromatic carbocycles. The second-order valence-corrected chi connectivity index (χ2v) is 4.82. The number of hydrazine groups is 1. The highest BCUT2D eigenvalue weighted by Gasteiger charge is 2.31. The third-order valence-electron chi connectivity index (χ3n) is 2.33. The Bertz CT molecular complexity index is 616. The topological polar surface area (TPSA) is 50.9 Å². The number of nitrogens with two attached hydrogens (primary N) is 1. The summed E-state index contributed by atoms with van der Waals surface area (Å²) in [5.74, 6) is 4.42. The first kappa shape index (κ1) is 14.6. The first-order chi connectivity index (χ1) is 9.40. The molecule has 20 heavy (non-hydrogen) atoms. The molecule has 106 valence electrons. The van der Waals surface area contributed by atoms with Crippen LogP contribution in [0.15, 0.2) is 46.3 Å². The molecule has 0 aliphatic heterocycles. The number of pyridine rings is 1. The van der Waals surface area contributed by atoms with Crippen molar-refractivity contribution in [2.75, 3.05) is 5.43 Å².